The molecule has 0 bridgehead atoms. The SMILES string of the molecule is Cc1cc(Br)c(O)c2ccsc12. The summed E-state index contributed by atoms with van der Waals surface area (Å²) in [7, 11) is 0. The van der Waals surface area contributed by atoms with Gasteiger partial charge in [0.2, 0.25) is 0 Å². The van der Waals surface area contributed by atoms with Crippen molar-refractivity contribution < 1.29 is 5.11 Å². The lowest BCUT2D eigenvalue weighted by molar-refractivity contribution is 0.478. The summed E-state index contributed by atoms with van der Waals surface area (Å²) in [5.74, 6) is 0.344. The van der Waals surface area contributed by atoms with Gasteiger partial charge in [-0.25, -0.2) is 0 Å². The molecule has 0 aliphatic carbocycles. The Bertz CT molecular complexity index is 433. The highest BCUT2D eigenvalue weighted by molar-refractivity contribution is 9.10. The minimum atomic E-state index is 0.344. The number of hydrogen-bond donors (Lipinski definition) is 1. The highest BCUT2D eigenvalue weighted by Gasteiger charge is 2.07. The van der Waals surface area contributed by atoms with Crippen LogP contribution >= 0.6 is 27.3 Å². The first kappa shape index (κ1) is 8.08. The molecule has 0 aliphatic rings. The van der Waals surface area contributed by atoms with Gasteiger partial charge in [-0.1, -0.05) is 0 Å². The fourth-order valence-corrected chi connectivity index (χ4v) is 2.69. The third-order valence-corrected chi connectivity index (χ3v) is 3.50. The van der Waals surface area contributed by atoms with Crippen LogP contribution in [-0.4, -0.2) is 5.11 Å². The summed E-state index contributed by atoms with van der Waals surface area (Å²) in [6, 6.07) is 3.88. The van der Waals surface area contributed by atoms with Gasteiger partial charge >= 0.3 is 0 Å². The Kier molecular flexibility index (Phi) is 1.85. The summed E-state index contributed by atoms with van der Waals surface area (Å²) in [6.07, 6.45) is 0. The van der Waals surface area contributed by atoms with Crippen LogP contribution in [0.1, 0.15) is 5.56 Å². The van der Waals surface area contributed by atoms with Gasteiger partial charge in [-0.15, -0.1) is 11.3 Å². The van der Waals surface area contributed by atoms with Crippen molar-refractivity contribution in [3.63, 3.8) is 0 Å². The topological polar surface area (TPSA) is 20.2 Å². The summed E-state index contributed by atoms with van der Waals surface area (Å²) in [4.78, 5) is 0. The van der Waals surface area contributed by atoms with Crippen LogP contribution in [0, 0.1) is 6.92 Å². The monoisotopic (exact) mass is 242 g/mol. The first-order chi connectivity index (χ1) is 5.70. The highest BCUT2D eigenvalue weighted by Crippen LogP contribution is 2.37. The second-order valence-electron chi connectivity index (χ2n) is 2.69. The molecule has 1 aromatic heterocycles. The Morgan fingerprint density at radius 2 is 2.25 bits per heavy atom. The van der Waals surface area contributed by atoms with E-state index in [2.05, 4.69) is 15.9 Å². The normalized spacial score (nSPS) is 10.8. The van der Waals surface area contributed by atoms with Gasteiger partial charge in [-0.05, 0) is 45.9 Å². The molecule has 0 atom stereocenters. The summed E-state index contributed by atoms with van der Waals surface area (Å²) < 4.78 is 1.93. The number of phenolic OH excluding ortho intramolecular Hbond substituents is 1. The van der Waals surface area contributed by atoms with Gasteiger partial charge in [0.1, 0.15) is 5.75 Å². The molecule has 0 spiro atoms. The van der Waals surface area contributed by atoms with Gasteiger partial charge < -0.3 is 5.11 Å². The number of halogens is 1. The van der Waals surface area contributed by atoms with E-state index in [-0.39, 0.29) is 0 Å². The van der Waals surface area contributed by atoms with Crippen molar-refractivity contribution in [3.05, 3.63) is 27.5 Å². The van der Waals surface area contributed by atoms with Gasteiger partial charge in [0.15, 0.2) is 0 Å². The zero-order valence-electron chi connectivity index (χ0n) is 6.47. The van der Waals surface area contributed by atoms with E-state index in [0.29, 0.717) is 5.75 Å². The quantitative estimate of drug-likeness (QED) is 0.748. The zero-order chi connectivity index (χ0) is 8.72. The minimum absolute atomic E-state index is 0.344. The van der Waals surface area contributed by atoms with Gasteiger partial charge in [0.05, 0.1) is 4.47 Å². The van der Waals surface area contributed by atoms with E-state index in [1.54, 1.807) is 11.3 Å². The molecule has 1 nitrogen and oxygen atoms in total. The predicted molar refractivity (Wildman–Crippen MR) is 55.9 cm³/mol. The molecule has 1 heterocycles. The average molecular weight is 243 g/mol. The van der Waals surface area contributed by atoms with Gasteiger partial charge in [0, 0.05) is 10.1 Å². The molecule has 0 amide bonds. The number of thiophene rings is 1. The maximum atomic E-state index is 9.63. The molecule has 0 saturated carbocycles. The van der Waals surface area contributed by atoms with Crippen LogP contribution in [0.4, 0.5) is 0 Å². The third kappa shape index (κ3) is 1.04. The average Bonchev–Trinajstić information content (AvgIpc) is 2.48. The number of fused-ring (bicyclic) bond motifs is 1. The van der Waals surface area contributed by atoms with Crippen molar-refractivity contribution in [3.8, 4) is 5.75 Å². The number of hydrogen-bond acceptors (Lipinski definition) is 2. The first-order valence-electron chi connectivity index (χ1n) is 3.55. The van der Waals surface area contributed by atoms with Crippen molar-refractivity contribution in [1.82, 2.24) is 0 Å². The fourth-order valence-electron chi connectivity index (χ4n) is 1.25. The molecule has 0 fully saturated rings. The molecule has 0 aliphatic heterocycles. The summed E-state index contributed by atoms with van der Waals surface area (Å²) in [5, 5.41) is 12.6. The maximum absolute atomic E-state index is 9.63. The van der Waals surface area contributed by atoms with Gasteiger partial charge in [0.25, 0.3) is 0 Å². The smallest absolute Gasteiger partial charge is 0.138 e. The van der Waals surface area contributed by atoms with E-state index in [1.165, 1.54) is 5.56 Å². The minimum Gasteiger partial charge on any atom is -0.506 e. The number of rotatable bonds is 0. The van der Waals surface area contributed by atoms with Crippen molar-refractivity contribution in [2.75, 3.05) is 0 Å². The van der Waals surface area contributed by atoms with Crippen LogP contribution in [0.15, 0.2) is 22.0 Å². The zero-order valence-corrected chi connectivity index (χ0v) is 8.87. The molecule has 1 aromatic carbocycles. The molecule has 12 heavy (non-hydrogen) atoms. The Balaban J connectivity index is 2.97. The van der Waals surface area contributed by atoms with Crippen LogP contribution in [-0.2, 0) is 0 Å². The lowest BCUT2D eigenvalue weighted by Crippen LogP contribution is -1.75. The van der Waals surface area contributed by atoms with Crippen molar-refractivity contribution >= 4 is 37.4 Å². The Morgan fingerprint density at radius 1 is 1.50 bits per heavy atom. The second-order valence-corrected chi connectivity index (χ2v) is 4.46. The summed E-state index contributed by atoms with van der Waals surface area (Å²) >= 11 is 4.96. The van der Waals surface area contributed by atoms with Gasteiger partial charge in [-0.3, -0.25) is 0 Å². The largest absolute Gasteiger partial charge is 0.506 e. The van der Waals surface area contributed by atoms with Crippen LogP contribution in [0.2, 0.25) is 0 Å². The van der Waals surface area contributed by atoms with Crippen LogP contribution in [0.25, 0.3) is 10.1 Å². The van der Waals surface area contributed by atoms with E-state index in [9.17, 15) is 5.11 Å². The van der Waals surface area contributed by atoms with Crippen molar-refractivity contribution in [2.45, 2.75) is 6.92 Å². The third-order valence-electron chi connectivity index (χ3n) is 1.85. The van der Waals surface area contributed by atoms with Gasteiger partial charge in [-0.2, -0.15) is 0 Å². The lowest BCUT2D eigenvalue weighted by atomic mass is 10.2. The molecular formula is C9H7BrOS. The summed E-state index contributed by atoms with van der Waals surface area (Å²) in [6.45, 7) is 2.04. The Labute approximate surface area is 82.8 Å². The van der Waals surface area contributed by atoms with E-state index >= 15 is 0 Å². The highest BCUT2D eigenvalue weighted by atomic mass is 79.9. The molecule has 2 aromatic rings. The summed E-state index contributed by atoms with van der Waals surface area (Å²) in [5.41, 5.74) is 1.20. The Morgan fingerprint density at radius 3 is 3.00 bits per heavy atom. The van der Waals surface area contributed by atoms with E-state index < -0.39 is 0 Å². The van der Waals surface area contributed by atoms with Crippen molar-refractivity contribution in [1.29, 1.82) is 0 Å². The molecule has 0 saturated heterocycles. The van der Waals surface area contributed by atoms with Crippen LogP contribution in [0.5, 0.6) is 5.75 Å². The number of aryl methyl sites for hydroxylation is 1. The molecular weight excluding hydrogens is 236 g/mol. The molecule has 0 unspecified atom stereocenters. The van der Waals surface area contributed by atoms with Crippen LogP contribution < -0.4 is 0 Å². The van der Waals surface area contributed by atoms with E-state index in [4.69, 9.17) is 0 Å². The van der Waals surface area contributed by atoms with E-state index in [0.717, 1.165) is 14.6 Å². The number of benzene rings is 1. The second kappa shape index (κ2) is 2.75. The fraction of sp³-hybridized carbons (Fsp3) is 0.111. The maximum Gasteiger partial charge on any atom is 0.138 e. The molecule has 0 radical (unpaired) electrons. The number of aromatic hydroxyl groups is 1. The predicted octanol–water partition coefficient (Wildman–Crippen LogP) is 3.68. The molecule has 2 rings (SSSR count). The standard InChI is InChI=1S/C9H7BrOS/c1-5-4-7(10)8(11)6-2-3-12-9(5)6/h2-4,11H,1H3. The lowest BCUT2D eigenvalue weighted by Gasteiger charge is -2.01. The molecule has 62 valence electrons. The molecule has 1 N–H and O–H groups in total. The first-order valence-corrected chi connectivity index (χ1v) is 5.22. The van der Waals surface area contributed by atoms with E-state index in [1.807, 2.05) is 24.4 Å². The molecule has 3 heteroatoms. The van der Waals surface area contributed by atoms with Crippen LogP contribution in [0.3, 0.4) is 0 Å². The Hall–Kier alpha value is -0.540. The van der Waals surface area contributed by atoms with Crippen molar-refractivity contribution in [2.24, 2.45) is 0 Å². The number of phenols is 1.